The summed E-state index contributed by atoms with van der Waals surface area (Å²) in [6, 6.07) is 14.8. The van der Waals surface area contributed by atoms with Crippen LogP contribution in [0.25, 0.3) is 22.4 Å². The maximum Gasteiger partial charge on any atom is 0.164 e. The summed E-state index contributed by atoms with van der Waals surface area (Å²) in [4.78, 5) is 8.06. The summed E-state index contributed by atoms with van der Waals surface area (Å²) < 4.78 is 21.9. The van der Waals surface area contributed by atoms with Crippen LogP contribution >= 0.6 is 11.6 Å². The van der Waals surface area contributed by atoms with Crippen LogP contribution in [0.5, 0.6) is 23.0 Å². The van der Waals surface area contributed by atoms with E-state index < -0.39 is 0 Å². The Morgan fingerprint density at radius 2 is 1.41 bits per heavy atom. The van der Waals surface area contributed by atoms with E-state index in [-0.39, 0.29) is 0 Å². The molecule has 4 rings (SSSR count). The Kier molecular flexibility index (Phi) is 6.11. The van der Waals surface area contributed by atoms with Crippen LogP contribution in [-0.4, -0.2) is 38.4 Å². The zero-order valence-electron chi connectivity index (χ0n) is 18.1. The molecule has 0 unspecified atom stereocenters. The summed E-state index contributed by atoms with van der Waals surface area (Å²) in [5.74, 6) is 9.25. The van der Waals surface area contributed by atoms with E-state index in [1.54, 1.807) is 34.5 Å². The minimum atomic E-state index is 0.572. The maximum absolute atomic E-state index is 6.22. The molecule has 1 N–H and O–H groups in total. The van der Waals surface area contributed by atoms with Crippen molar-refractivity contribution in [3.63, 3.8) is 0 Å². The van der Waals surface area contributed by atoms with Crippen LogP contribution < -0.4 is 18.9 Å². The number of hydrogen-bond donors (Lipinski definition) is 1. The van der Waals surface area contributed by atoms with Gasteiger partial charge in [-0.15, -0.1) is 0 Å². The van der Waals surface area contributed by atoms with Gasteiger partial charge in [-0.2, -0.15) is 0 Å². The van der Waals surface area contributed by atoms with E-state index in [4.69, 9.17) is 35.5 Å². The van der Waals surface area contributed by atoms with Crippen LogP contribution in [0.1, 0.15) is 11.1 Å². The Bertz CT molecular complexity index is 1350. The molecule has 1 heterocycles. The van der Waals surface area contributed by atoms with Crippen LogP contribution in [0.15, 0.2) is 48.5 Å². The second-order valence-corrected chi connectivity index (χ2v) is 7.20. The molecule has 0 aliphatic heterocycles. The Hall–Kier alpha value is -3.82. The number of hydrogen-bond acceptors (Lipinski definition) is 5. The molecule has 0 aliphatic carbocycles. The van der Waals surface area contributed by atoms with Gasteiger partial charge in [0.1, 0.15) is 17.3 Å². The monoisotopic (exact) mass is 448 g/mol. The molecule has 4 aromatic rings. The Labute approximate surface area is 191 Å². The van der Waals surface area contributed by atoms with Crippen LogP contribution in [0.4, 0.5) is 0 Å². The smallest absolute Gasteiger partial charge is 0.164 e. The lowest BCUT2D eigenvalue weighted by atomic mass is 10.1. The second kappa shape index (κ2) is 9.13. The van der Waals surface area contributed by atoms with Crippen LogP contribution in [-0.2, 0) is 0 Å². The number of rotatable bonds is 5. The maximum atomic E-state index is 6.22. The minimum Gasteiger partial charge on any atom is -0.496 e. The number of nitrogens with zero attached hydrogens (tertiary/aromatic N) is 1. The fraction of sp³-hybridized carbons (Fsp3) is 0.160. The van der Waals surface area contributed by atoms with Crippen LogP contribution in [0.2, 0.25) is 5.02 Å². The summed E-state index contributed by atoms with van der Waals surface area (Å²) in [6.45, 7) is 0. The van der Waals surface area contributed by atoms with Gasteiger partial charge in [0.15, 0.2) is 11.5 Å². The highest BCUT2D eigenvalue weighted by Gasteiger charge is 2.17. The highest BCUT2D eigenvalue weighted by molar-refractivity contribution is 6.31. The Morgan fingerprint density at radius 3 is 2.09 bits per heavy atom. The van der Waals surface area contributed by atoms with E-state index in [2.05, 4.69) is 16.8 Å². The van der Waals surface area contributed by atoms with Gasteiger partial charge in [-0.05, 0) is 24.3 Å². The lowest BCUT2D eigenvalue weighted by molar-refractivity contribution is 0.349. The normalized spacial score (nSPS) is 10.4. The summed E-state index contributed by atoms with van der Waals surface area (Å²) in [5.41, 5.74) is 3.74. The van der Waals surface area contributed by atoms with Crippen molar-refractivity contribution in [3.8, 4) is 46.2 Å². The van der Waals surface area contributed by atoms with E-state index in [0.29, 0.717) is 33.8 Å². The van der Waals surface area contributed by atoms with Crippen molar-refractivity contribution in [2.75, 3.05) is 28.4 Å². The third kappa shape index (κ3) is 4.03. The first kappa shape index (κ1) is 21.4. The van der Waals surface area contributed by atoms with Gasteiger partial charge in [0.25, 0.3) is 0 Å². The van der Waals surface area contributed by atoms with Gasteiger partial charge >= 0.3 is 0 Å². The molecule has 7 heteroatoms. The number of imidazole rings is 1. The van der Waals surface area contributed by atoms with Gasteiger partial charge in [-0.3, -0.25) is 0 Å². The molecule has 0 atom stereocenters. The number of benzene rings is 3. The van der Waals surface area contributed by atoms with E-state index in [0.717, 1.165) is 27.7 Å². The minimum absolute atomic E-state index is 0.572. The van der Waals surface area contributed by atoms with Gasteiger partial charge in [-0.1, -0.05) is 35.6 Å². The van der Waals surface area contributed by atoms with Gasteiger partial charge in [0.2, 0.25) is 0 Å². The number of aromatic amines is 1. The molecule has 1 aromatic heterocycles. The van der Waals surface area contributed by atoms with E-state index in [9.17, 15) is 0 Å². The lowest BCUT2D eigenvalue weighted by Crippen LogP contribution is -1.95. The summed E-state index contributed by atoms with van der Waals surface area (Å²) in [6.07, 6.45) is 0. The van der Waals surface area contributed by atoms with E-state index >= 15 is 0 Å². The SMILES string of the molecule is COc1cc2nc(-c3cc(OC)c(OC)cc3OC)[nH]c2cc1C#Cc1ccccc1Cl. The van der Waals surface area contributed by atoms with Crippen molar-refractivity contribution in [3.05, 3.63) is 64.7 Å². The van der Waals surface area contributed by atoms with Crippen molar-refractivity contribution in [1.29, 1.82) is 0 Å². The number of nitrogens with one attached hydrogen (secondary N) is 1. The lowest BCUT2D eigenvalue weighted by Gasteiger charge is -2.12. The quantitative estimate of drug-likeness (QED) is 0.419. The number of aromatic nitrogens is 2. The zero-order valence-corrected chi connectivity index (χ0v) is 18.8. The summed E-state index contributed by atoms with van der Waals surface area (Å²) in [7, 11) is 6.36. The predicted octanol–water partition coefficient (Wildman–Crippen LogP) is 5.32. The molecule has 0 amide bonds. The molecule has 0 saturated carbocycles. The number of H-pyrrole nitrogens is 1. The van der Waals surface area contributed by atoms with Crippen molar-refractivity contribution in [2.24, 2.45) is 0 Å². The molecule has 0 fully saturated rings. The molecule has 32 heavy (non-hydrogen) atoms. The van der Waals surface area contributed by atoms with Gasteiger partial charge in [0, 0.05) is 17.7 Å². The Balaban J connectivity index is 1.82. The van der Waals surface area contributed by atoms with Gasteiger partial charge in [-0.25, -0.2) is 4.98 Å². The first-order valence-corrected chi connectivity index (χ1v) is 10.1. The van der Waals surface area contributed by atoms with E-state index in [1.165, 1.54) is 0 Å². The van der Waals surface area contributed by atoms with Crippen molar-refractivity contribution < 1.29 is 18.9 Å². The third-order valence-electron chi connectivity index (χ3n) is 4.97. The van der Waals surface area contributed by atoms with E-state index in [1.807, 2.05) is 42.5 Å². The topological polar surface area (TPSA) is 65.6 Å². The Morgan fingerprint density at radius 1 is 0.750 bits per heavy atom. The summed E-state index contributed by atoms with van der Waals surface area (Å²) in [5, 5.41) is 0.601. The molecular weight excluding hydrogens is 428 g/mol. The molecule has 0 aliphatic rings. The molecule has 6 nitrogen and oxygen atoms in total. The van der Waals surface area contributed by atoms with Crippen molar-refractivity contribution >= 4 is 22.6 Å². The average Bonchev–Trinajstić information content (AvgIpc) is 3.24. The molecular formula is C25H21ClN2O4. The highest BCUT2D eigenvalue weighted by atomic mass is 35.5. The van der Waals surface area contributed by atoms with Crippen molar-refractivity contribution in [2.45, 2.75) is 0 Å². The summed E-state index contributed by atoms with van der Waals surface area (Å²) >= 11 is 6.22. The number of halogens is 1. The van der Waals surface area contributed by atoms with Crippen molar-refractivity contribution in [1.82, 2.24) is 9.97 Å². The molecule has 3 aromatic carbocycles. The van der Waals surface area contributed by atoms with Gasteiger partial charge in [0.05, 0.1) is 55.6 Å². The number of methoxy groups -OCH3 is 4. The largest absolute Gasteiger partial charge is 0.496 e. The number of fused-ring (bicyclic) bond motifs is 1. The first-order valence-electron chi connectivity index (χ1n) is 9.72. The average molecular weight is 449 g/mol. The van der Waals surface area contributed by atoms with Gasteiger partial charge < -0.3 is 23.9 Å². The molecule has 162 valence electrons. The molecule has 0 spiro atoms. The van der Waals surface area contributed by atoms with Crippen LogP contribution in [0.3, 0.4) is 0 Å². The van der Waals surface area contributed by atoms with Crippen LogP contribution in [0, 0.1) is 11.8 Å². The third-order valence-corrected chi connectivity index (χ3v) is 5.30. The molecule has 0 bridgehead atoms. The fourth-order valence-corrected chi connectivity index (χ4v) is 3.53. The molecule has 0 radical (unpaired) electrons. The standard InChI is InChI=1S/C25H21ClN2O4/c1-29-21-13-20-19(11-16(21)10-9-15-7-5-6-8-18(15)26)27-25(28-20)17-12-23(31-3)24(32-4)14-22(17)30-2/h5-8,11-14H,1-4H3,(H,27,28). The number of ether oxygens (including phenoxy) is 4. The molecule has 0 saturated heterocycles. The first-order chi connectivity index (χ1) is 15.6. The highest BCUT2D eigenvalue weighted by Crippen LogP contribution is 2.40. The fourth-order valence-electron chi connectivity index (χ4n) is 3.34. The zero-order chi connectivity index (χ0) is 22.7. The predicted molar refractivity (Wildman–Crippen MR) is 125 cm³/mol. The second-order valence-electron chi connectivity index (χ2n) is 6.79.